The van der Waals surface area contributed by atoms with Crippen molar-refractivity contribution in [2.24, 2.45) is 0 Å². The predicted octanol–water partition coefficient (Wildman–Crippen LogP) is 1.41. The number of carbonyl (C=O) groups excluding carboxylic acids is 1. The van der Waals surface area contributed by atoms with E-state index in [0.717, 1.165) is 0 Å². The number of para-hydroxylation sites is 1. The molecule has 0 aliphatic carbocycles. The lowest BCUT2D eigenvalue weighted by atomic mass is 9.93. The maximum atomic E-state index is 11.8. The maximum Gasteiger partial charge on any atom is 0.340 e. The Balaban J connectivity index is 2.32. The number of hydrogen-bond donors (Lipinski definition) is 2. The standard InChI is InChI=1S/C14H20N2O3/c1-14(18)6-8-16(9-7-14)12-10(13(17)19-2)4-3-5-11(12)15/h3-5,18H,6-9,15H2,1-2H3. The van der Waals surface area contributed by atoms with Crippen molar-refractivity contribution in [2.45, 2.75) is 25.4 Å². The van der Waals surface area contributed by atoms with Crippen LogP contribution in [0, 0.1) is 0 Å². The van der Waals surface area contributed by atoms with Crippen LogP contribution in [0.3, 0.4) is 0 Å². The first-order valence-corrected chi connectivity index (χ1v) is 6.39. The summed E-state index contributed by atoms with van der Waals surface area (Å²) in [7, 11) is 1.36. The fraction of sp³-hybridized carbons (Fsp3) is 0.500. The highest BCUT2D eigenvalue weighted by Crippen LogP contribution is 2.33. The van der Waals surface area contributed by atoms with E-state index in [1.807, 2.05) is 11.8 Å². The van der Waals surface area contributed by atoms with Gasteiger partial charge in [0.25, 0.3) is 0 Å². The van der Waals surface area contributed by atoms with E-state index in [-0.39, 0.29) is 5.97 Å². The molecular formula is C14H20N2O3. The van der Waals surface area contributed by atoms with Crippen molar-refractivity contribution in [2.75, 3.05) is 30.8 Å². The van der Waals surface area contributed by atoms with E-state index in [0.29, 0.717) is 42.9 Å². The molecule has 1 heterocycles. The molecule has 0 saturated carbocycles. The molecule has 1 aromatic carbocycles. The first-order chi connectivity index (χ1) is 8.94. The quantitative estimate of drug-likeness (QED) is 0.624. The van der Waals surface area contributed by atoms with Crippen LogP contribution in [0.5, 0.6) is 0 Å². The lowest BCUT2D eigenvalue weighted by Gasteiger charge is -2.38. The molecule has 0 spiro atoms. The van der Waals surface area contributed by atoms with Crippen LogP contribution in [0.1, 0.15) is 30.1 Å². The molecule has 1 aliphatic rings. The van der Waals surface area contributed by atoms with Gasteiger partial charge in [0, 0.05) is 13.1 Å². The lowest BCUT2D eigenvalue weighted by Crippen LogP contribution is -2.43. The molecule has 1 aliphatic heterocycles. The Kier molecular flexibility index (Phi) is 3.66. The molecule has 3 N–H and O–H groups in total. The van der Waals surface area contributed by atoms with Crippen LogP contribution in [-0.2, 0) is 4.74 Å². The summed E-state index contributed by atoms with van der Waals surface area (Å²) < 4.78 is 4.79. The van der Waals surface area contributed by atoms with Gasteiger partial charge in [-0.1, -0.05) is 6.07 Å². The second-order valence-corrected chi connectivity index (χ2v) is 5.22. The Morgan fingerprint density at radius 2 is 2.05 bits per heavy atom. The number of nitrogens with two attached hydrogens (primary N) is 1. The van der Waals surface area contributed by atoms with E-state index < -0.39 is 5.60 Å². The van der Waals surface area contributed by atoms with Crippen molar-refractivity contribution in [3.05, 3.63) is 23.8 Å². The SMILES string of the molecule is COC(=O)c1cccc(N)c1N1CCC(C)(O)CC1. The van der Waals surface area contributed by atoms with E-state index in [1.165, 1.54) is 7.11 Å². The Hall–Kier alpha value is -1.75. The molecule has 0 bridgehead atoms. The molecule has 1 aromatic rings. The summed E-state index contributed by atoms with van der Waals surface area (Å²) in [6.07, 6.45) is 1.31. The molecule has 1 saturated heterocycles. The second-order valence-electron chi connectivity index (χ2n) is 5.22. The summed E-state index contributed by atoms with van der Waals surface area (Å²) in [5.41, 5.74) is 7.12. The van der Waals surface area contributed by atoms with Gasteiger partial charge in [-0.05, 0) is 31.9 Å². The van der Waals surface area contributed by atoms with E-state index in [9.17, 15) is 9.90 Å². The monoisotopic (exact) mass is 264 g/mol. The zero-order valence-corrected chi connectivity index (χ0v) is 11.3. The molecular weight excluding hydrogens is 244 g/mol. The summed E-state index contributed by atoms with van der Waals surface area (Å²) in [5.74, 6) is -0.389. The molecule has 1 fully saturated rings. The number of nitrogens with zero attached hydrogens (tertiary/aromatic N) is 1. The zero-order chi connectivity index (χ0) is 14.0. The van der Waals surface area contributed by atoms with Gasteiger partial charge in [0.05, 0.1) is 29.6 Å². The van der Waals surface area contributed by atoms with Gasteiger partial charge in [-0.15, -0.1) is 0 Å². The van der Waals surface area contributed by atoms with E-state index in [4.69, 9.17) is 10.5 Å². The Morgan fingerprint density at radius 3 is 2.63 bits per heavy atom. The summed E-state index contributed by atoms with van der Waals surface area (Å²) >= 11 is 0. The third kappa shape index (κ3) is 2.81. The summed E-state index contributed by atoms with van der Waals surface area (Å²) in [4.78, 5) is 13.8. The minimum Gasteiger partial charge on any atom is -0.465 e. The topological polar surface area (TPSA) is 75.8 Å². The largest absolute Gasteiger partial charge is 0.465 e. The Morgan fingerprint density at radius 1 is 1.42 bits per heavy atom. The highest BCUT2D eigenvalue weighted by atomic mass is 16.5. The van der Waals surface area contributed by atoms with Crippen molar-refractivity contribution < 1.29 is 14.6 Å². The molecule has 0 aromatic heterocycles. The van der Waals surface area contributed by atoms with Crippen LogP contribution in [0.2, 0.25) is 0 Å². The number of carbonyl (C=O) groups is 1. The molecule has 2 rings (SSSR count). The number of anilines is 2. The van der Waals surface area contributed by atoms with Crippen LogP contribution in [0.25, 0.3) is 0 Å². The van der Waals surface area contributed by atoms with E-state index in [1.54, 1.807) is 18.2 Å². The minimum absolute atomic E-state index is 0.389. The number of piperidine rings is 1. The number of esters is 1. The van der Waals surface area contributed by atoms with Crippen molar-refractivity contribution >= 4 is 17.3 Å². The molecule has 0 unspecified atom stereocenters. The summed E-state index contributed by atoms with van der Waals surface area (Å²) in [6.45, 7) is 3.18. The average molecular weight is 264 g/mol. The number of nitrogen functional groups attached to an aromatic ring is 1. The van der Waals surface area contributed by atoms with Crippen LogP contribution in [-0.4, -0.2) is 36.9 Å². The minimum atomic E-state index is -0.633. The van der Waals surface area contributed by atoms with Crippen molar-refractivity contribution in [3.8, 4) is 0 Å². The number of benzene rings is 1. The molecule has 5 nitrogen and oxygen atoms in total. The van der Waals surface area contributed by atoms with Crippen LogP contribution in [0.15, 0.2) is 18.2 Å². The van der Waals surface area contributed by atoms with Gasteiger partial charge in [-0.25, -0.2) is 4.79 Å². The molecule has 5 heteroatoms. The predicted molar refractivity (Wildman–Crippen MR) is 74.3 cm³/mol. The lowest BCUT2D eigenvalue weighted by molar-refractivity contribution is 0.0351. The third-order valence-electron chi connectivity index (χ3n) is 3.63. The van der Waals surface area contributed by atoms with Crippen LogP contribution < -0.4 is 10.6 Å². The number of hydrogen-bond acceptors (Lipinski definition) is 5. The van der Waals surface area contributed by atoms with Crippen molar-refractivity contribution in [3.63, 3.8) is 0 Å². The fourth-order valence-electron chi connectivity index (χ4n) is 2.40. The van der Waals surface area contributed by atoms with Crippen molar-refractivity contribution in [1.29, 1.82) is 0 Å². The average Bonchev–Trinajstić information content (AvgIpc) is 2.38. The number of rotatable bonds is 2. The molecule has 104 valence electrons. The third-order valence-corrected chi connectivity index (χ3v) is 3.63. The Labute approximate surface area is 113 Å². The molecule has 0 atom stereocenters. The molecule has 19 heavy (non-hydrogen) atoms. The van der Waals surface area contributed by atoms with E-state index in [2.05, 4.69) is 0 Å². The fourth-order valence-corrected chi connectivity index (χ4v) is 2.40. The van der Waals surface area contributed by atoms with Crippen LogP contribution in [0.4, 0.5) is 11.4 Å². The molecule has 0 radical (unpaired) electrons. The smallest absolute Gasteiger partial charge is 0.340 e. The first kappa shape index (κ1) is 13.7. The van der Waals surface area contributed by atoms with Gasteiger partial charge < -0.3 is 20.5 Å². The summed E-state index contributed by atoms with van der Waals surface area (Å²) in [5, 5.41) is 9.98. The summed E-state index contributed by atoms with van der Waals surface area (Å²) in [6, 6.07) is 5.23. The van der Waals surface area contributed by atoms with Crippen LogP contribution >= 0.6 is 0 Å². The van der Waals surface area contributed by atoms with Gasteiger partial charge in [0.2, 0.25) is 0 Å². The number of methoxy groups -OCH3 is 1. The Bertz CT molecular complexity index is 476. The van der Waals surface area contributed by atoms with Crippen molar-refractivity contribution in [1.82, 2.24) is 0 Å². The van der Waals surface area contributed by atoms with Gasteiger partial charge in [0.15, 0.2) is 0 Å². The normalized spacial score (nSPS) is 18.2. The van der Waals surface area contributed by atoms with Gasteiger partial charge in [0.1, 0.15) is 0 Å². The second kappa shape index (κ2) is 5.09. The molecule has 0 amide bonds. The maximum absolute atomic E-state index is 11.8. The zero-order valence-electron chi connectivity index (χ0n) is 11.3. The highest BCUT2D eigenvalue weighted by Gasteiger charge is 2.30. The van der Waals surface area contributed by atoms with Gasteiger partial charge >= 0.3 is 5.97 Å². The number of ether oxygens (including phenoxy) is 1. The highest BCUT2D eigenvalue weighted by molar-refractivity contribution is 5.99. The van der Waals surface area contributed by atoms with Gasteiger partial charge in [-0.3, -0.25) is 0 Å². The first-order valence-electron chi connectivity index (χ1n) is 6.39. The number of aliphatic hydroxyl groups is 1. The van der Waals surface area contributed by atoms with Gasteiger partial charge in [-0.2, -0.15) is 0 Å². The van der Waals surface area contributed by atoms with E-state index >= 15 is 0 Å².